The van der Waals surface area contributed by atoms with Crippen molar-refractivity contribution in [2.75, 3.05) is 44.7 Å². The van der Waals surface area contributed by atoms with Crippen LogP contribution in [-0.2, 0) is 4.74 Å². The largest absolute Gasteiger partial charge is 0.379 e. The highest BCUT2D eigenvalue weighted by Crippen LogP contribution is 2.25. The zero-order chi connectivity index (χ0) is 13.8. The molecule has 0 bridgehead atoms. The van der Waals surface area contributed by atoms with E-state index in [1.165, 1.54) is 0 Å². The molecule has 106 valence electrons. The number of anilines is 1. The van der Waals surface area contributed by atoms with Crippen molar-refractivity contribution < 1.29 is 4.74 Å². The van der Waals surface area contributed by atoms with E-state index >= 15 is 0 Å². The average molecular weight is 293 g/mol. The first kappa shape index (κ1) is 13.5. The topological polar surface area (TPSA) is 50.3 Å². The summed E-state index contributed by atoms with van der Waals surface area (Å²) >= 11 is 6.06. The first-order valence-corrected chi connectivity index (χ1v) is 7.17. The maximum Gasteiger partial charge on any atom is 0.159 e. The summed E-state index contributed by atoms with van der Waals surface area (Å²) in [5.41, 5.74) is 0. The van der Waals surface area contributed by atoms with Crippen LogP contribution in [0.1, 0.15) is 0 Å². The lowest BCUT2D eigenvalue weighted by atomic mass is 10.2. The van der Waals surface area contributed by atoms with Gasteiger partial charge in [0, 0.05) is 37.0 Å². The fourth-order valence-electron chi connectivity index (χ4n) is 2.36. The van der Waals surface area contributed by atoms with E-state index in [0.717, 1.165) is 56.0 Å². The van der Waals surface area contributed by atoms with Crippen molar-refractivity contribution in [3.05, 3.63) is 29.4 Å². The third kappa shape index (κ3) is 3.00. The molecule has 0 unspecified atom stereocenters. The van der Waals surface area contributed by atoms with Gasteiger partial charge in [-0.15, -0.1) is 10.2 Å². The zero-order valence-electron chi connectivity index (χ0n) is 11.2. The minimum Gasteiger partial charge on any atom is -0.379 e. The summed E-state index contributed by atoms with van der Waals surface area (Å²) in [5.74, 6) is 0.790. The van der Waals surface area contributed by atoms with Crippen molar-refractivity contribution in [1.82, 2.24) is 15.1 Å². The highest BCUT2D eigenvalue weighted by Gasteiger charge is 2.10. The highest BCUT2D eigenvalue weighted by atomic mass is 35.5. The summed E-state index contributed by atoms with van der Waals surface area (Å²) in [6, 6.07) is 7.90. The van der Waals surface area contributed by atoms with E-state index in [1.54, 1.807) is 0 Å². The normalized spacial score (nSPS) is 16.4. The maximum absolute atomic E-state index is 6.06. The molecule has 0 radical (unpaired) electrons. The van der Waals surface area contributed by atoms with Gasteiger partial charge in [0.25, 0.3) is 0 Å². The van der Waals surface area contributed by atoms with E-state index < -0.39 is 0 Å². The summed E-state index contributed by atoms with van der Waals surface area (Å²) in [6.45, 7) is 5.44. The van der Waals surface area contributed by atoms with E-state index in [-0.39, 0.29) is 0 Å². The lowest BCUT2D eigenvalue weighted by Gasteiger charge is -2.26. The third-order valence-electron chi connectivity index (χ3n) is 3.47. The fourth-order valence-corrected chi connectivity index (χ4v) is 2.56. The highest BCUT2D eigenvalue weighted by molar-refractivity contribution is 6.34. The van der Waals surface area contributed by atoms with E-state index in [1.807, 2.05) is 24.3 Å². The lowest BCUT2D eigenvalue weighted by Crippen LogP contribution is -2.39. The van der Waals surface area contributed by atoms with Gasteiger partial charge in [0.2, 0.25) is 0 Å². The van der Waals surface area contributed by atoms with Gasteiger partial charge in [0.05, 0.1) is 13.2 Å². The Kier molecular flexibility index (Phi) is 4.30. The zero-order valence-corrected chi connectivity index (χ0v) is 11.9. The molecule has 0 aliphatic carbocycles. The van der Waals surface area contributed by atoms with E-state index in [0.29, 0.717) is 5.15 Å². The predicted molar refractivity (Wildman–Crippen MR) is 80.3 cm³/mol. The Balaban J connectivity index is 1.67. The Morgan fingerprint density at radius 2 is 1.90 bits per heavy atom. The van der Waals surface area contributed by atoms with Crippen LogP contribution in [0.5, 0.6) is 0 Å². The molecule has 0 atom stereocenters. The monoisotopic (exact) mass is 292 g/mol. The van der Waals surface area contributed by atoms with Crippen molar-refractivity contribution in [2.45, 2.75) is 0 Å². The molecule has 1 N–H and O–H groups in total. The molecular weight excluding hydrogens is 276 g/mol. The Morgan fingerprint density at radius 3 is 2.70 bits per heavy atom. The van der Waals surface area contributed by atoms with Gasteiger partial charge in [0.15, 0.2) is 11.0 Å². The number of nitrogens with zero attached hydrogens (tertiary/aromatic N) is 3. The number of hydrogen-bond donors (Lipinski definition) is 1. The van der Waals surface area contributed by atoms with Crippen molar-refractivity contribution in [1.29, 1.82) is 0 Å². The molecule has 2 aromatic rings. The molecule has 2 heterocycles. The summed E-state index contributed by atoms with van der Waals surface area (Å²) in [4.78, 5) is 2.38. The standard InChI is InChI=1S/C14H17ClN4O/c15-13-11-3-1-2-4-12(11)14(18-17-13)16-5-6-19-7-9-20-10-8-19/h1-4H,5-10H2,(H,16,18). The van der Waals surface area contributed by atoms with Crippen LogP contribution in [0.4, 0.5) is 5.82 Å². The Labute approximate surface area is 122 Å². The smallest absolute Gasteiger partial charge is 0.159 e. The van der Waals surface area contributed by atoms with Crippen molar-refractivity contribution >= 4 is 28.2 Å². The van der Waals surface area contributed by atoms with Crippen LogP contribution in [0.2, 0.25) is 5.15 Å². The lowest BCUT2D eigenvalue weighted by molar-refractivity contribution is 0.0398. The number of morpholine rings is 1. The molecule has 3 rings (SSSR count). The number of fused-ring (bicyclic) bond motifs is 1. The Bertz CT molecular complexity index is 586. The van der Waals surface area contributed by atoms with E-state index in [2.05, 4.69) is 20.4 Å². The van der Waals surface area contributed by atoms with E-state index in [9.17, 15) is 0 Å². The fraction of sp³-hybridized carbons (Fsp3) is 0.429. The summed E-state index contributed by atoms with van der Waals surface area (Å²) in [5, 5.41) is 13.9. The third-order valence-corrected chi connectivity index (χ3v) is 3.75. The van der Waals surface area contributed by atoms with Gasteiger partial charge in [-0.3, -0.25) is 4.90 Å². The van der Waals surface area contributed by atoms with Crippen LogP contribution in [0.3, 0.4) is 0 Å². The first-order valence-electron chi connectivity index (χ1n) is 6.79. The van der Waals surface area contributed by atoms with Crippen LogP contribution in [0.25, 0.3) is 10.8 Å². The molecule has 1 aromatic heterocycles. The van der Waals surface area contributed by atoms with Crippen molar-refractivity contribution in [3.8, 4) is 0 Å². The van der Waals surface area contributed by atoms with Crippen molar-refractivity contribution in [2.24, 2.45) is 0 Å². The SMILES string of the molecule is Clc1nnc(NCCN2CCOCC2)c2ccccc12. The minimum atomic E-state index is 0.444. The predicted octanol–water partition coefficient (Wildman–Crippen LogP) is 2.03. The quantitative estimate of drug-likeness (QED) is 0.934. The maximum atomic E-state index is 6.06. The molecule has 1 aliphatic heterocycles. The molecule has 6 heteroatoms. The van der Waals surface area contributed by atoms with Gasteiger partial charge < -0.3 is 10.1 Å². The number of benzene rings is 1. The number of nitrogens with one attached hydrogen (secondary N) is 1. The van der Waals surface area contributed by atoms with Gasteiger partial charge in [-0.1, -0.05) is 35.9 Å². The molecule has 0 amide bonds. The van der Waals surface area contributed by atoms with Gasteiger partial charge in [-0.05, 0) is 0 Å². The van der Waals surface area contributed by atoms with Crippen LogP contribution in [0.15, 0.2) is 24.3 Å². The number of ether oxygens (including phenoxy) is 1. The number of hydrogen-bond acceptors (Lipinski definition) is 5. The number of halogens is 1. The summed E-state index contributed by atoms with van der Waals surface area (Å²) < 4.78 is 5.34. The minimum absolute atomic E-state index is 0.444. The Morgan fingerprint density at radius 1 is 1.15 bits per heavy atom. The van der Waals surface area contributed by atoms with Crippen LogP contribution in [0, 0.1) is 0 Å². The number of aromatic nitrogens is 2. The van der Waals surface area contributed by atoms with Crippen LogP contribution in [-0.4, -0.2) is 54.5 Å². The second kappa shape index (κ2) is 6.35. The number of rotatable bonds is 4. The molecule has 20 heavy (non-hydrogen) atoms. The van der Waals surface area contributed by atoms with Gasteiger partial charge in [-0.2, -0.15) is 0 Å². The molecule has 1 saturated heterocycles. The summed E-state index contributed by atoms with van der Waals surface area (Å²) in [7, 11) is 0. The van der Waals surface area contributed by atoms with Crippen LogP contribution < -0.4 is 5.32 Å². The molecule has 1 aromatic carbocycles. The molecule has 5 nitrogen and oxygen atoms in total. The van der Waals surface area contributed by atoms with Gasteiger partial charge in [0.1, 0.15) is 0 Å². The molecule has 1 fully saturated rings. The summed E-state index contributed by atoms with van der Waals surface area (Å²) in [6.07, 6.45) is 0. The first-order chi connectivity index (χ1) is 9.84. The van der Waals surface area contributed by atoms with Gasteiger partial charge >= 0.3 is 0 Å². The van der Waals surface area contributed by atoms with Gasteiger partial charge in [-0.25, -0.2) is 0 Å². The second-order valence-electron chi connectivity index (χ2n) is 4.77. The Hall–Kier alpha value is -1.43. The van der Waals surface area contributed by atoms with Crippen molar-refractivity contribution in [3.63, 3.8) is 0 Å². The molecule has 0 spiro atoms. The average Bonchev–Trinajstić information content (AvgIpc) is 2.51. The van der Waals surface area contributed by atoms with E-state index in [4.69, 9.17) is 16.3 Å². The second-order valence-corrected chi connectivity index (χ2v) is 5.12. The van der Waals surface area contributed by atoms with Crippen LogP contribution >= 0.6 is 11.6 Å². The molecular formula is C14H17ClN4O. The molecule has 1 aliphatic rings. The molecule has 0 saturated carbocycles.